The van der Waals surface area contributed by atoms with Gasteiger partial charge in [-0.25, -0.2) is 0 Å². The van der Waals surface area contributed by atoms with E-state index in [0.717, 1.165) is 27.8 Å². The van der Waals surface area contributed by atoms with E-state index in [2.05, 4.69) is 166 Å². The first kappa shape index (κ1) is 30.8. The van der Waals surface area contributed by atoms with Crippen molar-refractivity contribution in [3.8, 4) is 0 Å². The summed E-state index contributed by atoms with van der Waals surface area (Å²) in [6.45, 7) is 2.12. The van der Waals surface area contributed by atoms with Crippen LogP contribution in [-0.4, -0.2) is 56.3 Å². The molecule has 2 saturated heterocycles. The van der Waals surface area contributed by atoms with E-state index in [0.29, 0.717) is 0 Å². The maximum absolute atomic E-state index is 7.35. The minimum atomic E-state index is -3.32. The maximum atomic E-state index is 7.35. The molecule has 230 valence electrons. The van der Waals surface area contributed by atoms with Crippen molar-refractivity contribution in [1.82, 2.24) is 14.0 Å². The minimum absolute atomic E-state index is 0.244. The molecule has 3 atom stereocenters. The van der Waals surface area contributed by atoms with Crippen LogP contribution in [0.15, 0.2) is 115 Å². The van der Waals surface area contributed by atoms with Crippen molar-refractivity contribution in [3.05, 3.63) is 148 Å². The van der Waals surface area contributed by atoms with E-state index >= 15 is 0 Å². The predicted octanol–water partition coefficient (Wildman–Crippen LogP) is 8.53. The summed E-state index contributed by atoms with van der Waals surface area (Å²) in [7, 11) is 9.43. The Morgan fingerprint density at radius 3 is 1.50 bits per heavy atom. The molecule has 2 fully saturated rings. The third-order valence-electron chi connectivity index (χ3n) is 9.18. The van der Waals surface area contributed by atoms with Crippen molar-refractivity contribution in [2.45, 2.75) is 31.5 Å². The first-order valence-electron chi connectivity index (χ1n) is 15.2. The molecule has 0 N–H and O–H groups in total. The molecule has 4 aromatic carbocycles. The zero-order valence-electron chi connectivity index (χ0n) is 26.8. The normalized spacial score (nSPS) is 24.8. The monoisotopic (exact) mass is 609 g/mol. The Morgan fingerprint density at radius 2 is 1.02 bits per heavy atom. The van der Waals surface area contributed by atoms with Crippen molar-refractivity contribution < 1.29 is 14.0 Å². The predicted molar refractivity (Wildman–Crippen MR) is 181 cm³/mol. The van der Waals surface area contributed by atoms with Crippen molar-refractivity contribution in [2.24, 2.45) is 0 Å². The molecule has 0 amide bonds. The average molecular weight is 610 g/mol. The Kier molecular flexibility index (Phi) is 8.38. The average Bonchev–Trinajstić information content (AvgIpc) is 3.47. The molecule has 6 rings (SSSR count). The molecule has 7 heteroatoms. The zero-order valence-corrected chi connectivity index (χ0v) is 27.7. The fraction of sp³-hybridized carbons (Fsp3) is 0.297. The number of rotatable bonds is 8. The molecule has 0 aromatic heterocycles. The topological polar surface area (TPSA) is 37.4 Å². The number of aryl methyl sites for hydroxylation is 1. The third-order valence-corrected chi connectivity index (χ3v) is 15.4. The van der Waals surface area contributed by atoms with Gasteiger partial charge < -0.3 is 0 Å². The summed E-state index contributed by atoms with van der Waals surface area (Å²) in [5.74, 6) is 0. The zero-order chi connectivity index (χ0) is 31.1. The van der Waals surface area contributed by atoms with Crippen molar-refractivity contribution >= 4 is 13.4 Å². The van der Waals surface area contributed by atoms with E-state index in [1.807, 2.05) is 12.1 Å². The summed E-state index contributed by atoms with van der Waals surface area (Å²) in [5, 5.41) is 1.24. The molecule has 0 saturated carbocycles. The Bertz CT molecular complexity index is 1550. The number of benzene rings is 4. The van der Waals surface area contributed by atoms with Crippen molar-refractivity contribution in [2.75, 3.05) is 42.3 Å². The van der Waals surface area contributed by atoms with Crippen LogP contribution in [0.25, 0.3) is 6.08 Å². The van der Waals surface area contributed by atoms with Gasteiger partial charge in [0.15, 0.2) is 0 Å². The van der Waals surface area contributed by atoms with Crippen LogP contribution in [0.1, 0.15) is 58.0 Å². The van der Waals surface area contributed by atoms with Crippen LogP contribution < -0.4 is 0 Å². The van der Waals surface area contributed by atoms with Gasteiger partial charge in [0.1, 0.15) is 0 Å². The van der Waals surface area contributed by atoms with Crippen LogP contribution in [0.5, 0.6) is 0 Å². The number of hydrogen-bond acceptors (Lipinski definition) is 6. The van der Waals surface area contributed by atoms with Gasteiger partial charge in [0.25, 0.3) is 0 Å². The molecule has 4 aromatic rings. The van der Waals surface area contributed by atoms with Gasteiger partial charge in [-0.1, -0.05) is 0 Å². The summed E-state index contributed by atoms with van der Waals surface area (Å²) in [4.78, 5) is 0. The number of hydrogen-bond donors (Lipinski definition) is 0. The second-order valence-corrected chi connectivity index (χ2v) is 17.2. The Hall–Kier alpha value is -3.19. The van der Waals surface area contributed by atoms with Gasteiger partial charge in [-0.15, -0.1) is 0 Å². The summed E-state index contributed by atoms with van der Waals surface area (Å²) in [6, 6.07) is 37.9. The first-order chi connectivity index (χ1) is 21.2. The first-order valence-corrected chi connectivity index (χ1v) is 17.2. The Labute approximate surface area is 262 Å². The second-order valence-electron chi connectivity index (χ2n) is 12.3. The van der Waals surface area contributed by atoms with Crippen molar-refractivity contribution in [1.29, 1.82) is 0 Å². The Morgan fingerprint density at radius 1 is 0.568 bits per heavy atom. The molecular formula is C37H44N3O3P. The van der Waals surface area contributed by atoms with Gasteiger partial charge in [-0.3, -0.25) is 0 Å². The van der Waals surface area contributed by atoms with Crippen LogP contribution in [0.3, 0.4) is 0 Å². The van der Waals surface area contributed by atoms with Gasteiger partial charge in [-0.05, 0) is 0 Å². The molecule has 0 radical (unpaired) electrons. The Balaban J connectivity index is 1.46. The van der Waals surface area contributed by atoms with Gasteiger partial charge in [0.05, 0.1) is 0 Å². The van der Waals surface area contributed by atoms with E-state index in [9.17, 15) is 0 Å². The molecular weight excluding hydrogens is 565 g/mol. The van der Waals surface area contributed by atoms with Gasteiger partial charge >= 0.3 is 263 Å². The molecule has 0 bridgehead atoms. The third kappa shape index (κ3) is 4.77. The molecule has 2 heterocycles. The number of nitrogens with zero attached hydrogens (tertiary/aromatic N) is 3. The summed E-state index contributed by atoms with van der Waals surface area (Å²) < 4.78 is 27.8. The van der Waals surface area contributed by atoms with Crippen LogP contribution in [0, 0.1) is 6.92 Å². The standard InChI is InChI=1S/C37H44N3O3P/c1-27-22-24-28(25-23-27)26-33-36(43-44(33,38(2)3,39(4)5)40(6)7)31-20-14-15-21-32(31)37-41-34(29-16-10-8-11-17-29)35(42-37)30-18-12-9-13-19-30/h8-26,34-37H,1-7H3/b33-26-/t34-,35-,36?/m1/s1. The van der Waals surface area contributed by atoms with Gasteiger partial charge in [-0.2, -0.15) is 0 Å². The van der Waals surface area contributed by atoms with E-state index in [-0.39, 0.29) is 18.3 Å². The molecule has 44 heavy (non-hydrogen) atoms. The second kappa shape index (κ2) is 12.0. The van der Waals surface area contributed by atoms with Crippen LogP contribution >= 0.6 is 7.28 Å². The fourth-order valence-electron chi connectivity index (χ4n) is 7.10. The van der Waals surface area contributed by atoms with E-state index < -0.39 is 13.6 Å². The quantitative estimate of drug-likeness (QED) is 0.187. The molecule has 0 spiro atoms. The molecule has 6 nitrogen and oxygen atoms in total. The van der Waals surface area contributed by atoms with E-state index in [1.165, 1.54) is 10.9 Å². The summed E-state index contributed by atoms with van der Waals surface area (Å²) in [6.07, 6.45) is 1.00. The number of ether oxygens (including phenoxy) is 2. The molecule has 2 aliphatic heterocycles. The molecule has 0 aliphatic carbocycles. The molecule has 2 aliphatic rings. The fourth-order valence-corrected chi connectivity index (χ4v) is 12.8. The van der Waals surface area contributed by atoms with Crippen LogP contribution in [0.2, 0.25) is 0 Å². The summed E-state index contributed by atoms with van der Waals surface area (Å²) >= 11 is 0. The molecule has 1 unspecified atom stereocenters. The van der Waals surface area contributed by atoms with Gasteiger partial charge in [0.2, 0.25) is 0 Å². The summed E-state index contributed by atoms with van der Waals surface area (Å²) in [5.41, 5.74) is 6.62. The van der Waals surface area contributed by atoms with Crippen LogP contribution in [0.4, 0.5) is 0 Å². The van der Waals surface area contributed by atoms with Gasteiger partial charge in [0, 0.05) is 0 Å². The van der Waals surface area contributed by atoms with Crippen molar-refractivity contribution in [3.63, 3.8) is 0 Å². The van der Waals surface area contributed by atoms with Crippen LogP contribution in [-0.2, 0) is 14.0 Å². The van der Waals surface area contributed by atoms with E-state index in [1.54, 1.807) is 0 Å². The SMILES string of the molecule is Cc1ccc(/C=C2/C(c3ccccc3C3O[C@H](c4ccccc4)[C@@H](c4ccccc4)O3)OP2(N(C)C)(N(C)C)N(C)C)cc1. The van der Waals surface area contributed by atoms with E-state index in [4.69, 9.17) is 14.0 Å².